The molecule has 0 aliphatic rings. The Kier molecular flexibility index (Phi) is 5.37. The number of carbonyl (C=O) groups is 1. The van der Waals surface area contributed by atoms with Crippen molar-refractivity contribution in [3.05, 3.63) is 62.8 Å². The number of benzene rings is 1. The Hall–Kier alpha value is -1.39. The first-order chi connectivity index (χ1) is 9.97. The van der Waals surface area contributed by atoms with Gasteiger partial charge in [0.05, 0.1) is 5.56 Å². The topological polar surface area (TPSA) is 42.0 Å². The van der Waals surface area contributed by atoms with Crippen molar-refractivity contribution >= 4 is 33.4 Å². The van der Waals surface area contributed by atoms with Crippen molar-refractivity contribution in [1.29, 1.82) is 0 Å². The molecule has 0 saturated carbocycles. The Labute approximate surface area is 137 Å². The number of hydrogen-bond donors (Lipinski definition) is 1. The third kappa shape index (κ3) is 4.29. The fourth-order valence-corrected chi connectivity index (χ4v) is 2.40. The average molecular weight is 368 g/mol. The number of nitrogens with one attached hydrogen (secondary N) is 1. The summed E-state index contributed by atoms with van der Waals surface area (Å²) in [6.45, 7) is 4.76. The lowest BCUT2D eigenvalue weighted by molar-refractivity contribution is 0.0950. The fourth-order valence-electron chi connectivity index (χ4n) is 1.88. The van der Waals surface area contributed by atoms with Crippen molar-refractivity contribution in [2.24, 2.45) is 0 Å². The molecule has 0 aliphatic carbocycles. The smallest absolute Gasteiger partial charge is 0.254 e. The molecule has 0 aliphatic heterocycles. The molecule has 0 saturated heterocycles. The van der Waals surface area contributed by atoms with E-state index in [1.54, 1.807) is 12.3 Å². The minimum Gasteiger partial charge on any atom is -0.348 e. The van der Waals surface area contributed by atoms with Crippen LogP contribution in [0.15, 0.2) is 41.0 Å². The van der Waals surface area contributed by atoms with Gasteiger partial charge >= 0.3 is 0 Å². The minimum atomic E-state index is -0.235. The number of hydrogen-bond acceptors (Lipinski definition) is 2. The zero-order chi connectivity index (χ0) is 15.4. The zero-order valence-electron chi connectivity index (χ0n) is 11.9. The van der Waals surface area contributed by atoms with Crippen molar-refractivity contribution in [1.82, 2.24) is 10.3 Å². The van der Waals surface area contributed by atoms with Crippen LogP contribution in [0.25, 0.3) is 0 Å². The minimum absolute atomic E-state index is 0.200. The highest BCUT2D eigenvalue weighted by Crippen LogP contribution is 2.18. The number of rotatable bonds is 4. The molecule has 5 heteroatoms. The van der Waals surface area contributed by atoms with Crippen molar-refractivity contribution in [2.75, 3.05) is 0 Å². The molecule has 1 N–H and O–H groups in total. The lowest BCUT2D eigenvalue weighted by atomic mass is 10.0. The first kappa shape index (κ1) is 16.0. The summed E-state index contributed by atoms with van der Waals surface area (Å²) >= 11 is 9.22. The summed E-state index contributed by atoms with van der Waals surface area (Å²) in [5.41, 5.74) is 2.70. The van der Waals surface area contributed by atoms with E-state index in [-0.39, 0.29) is 11.1 Å². The average Bonchev–Trinajstić information content (AvgIpc) is 2.47. The monoisotopic (exact) mass is 366 g/mol. The van der Waals surface area contributed by atoms with Gasteiger partial charge in [-0.25, -0.2) is 4.98 Å². The van der Waals surface area contributed by atoms with Crippen LogP contribution in [0.2, 0.25) is 5.15 Å². The van der Waals surface area contributed by atoms with Crippen LogP contribution in [-0.4, -0.2) is 10.9 Å². The van der Waals surface area contributed by atoms with Crippen molar-refractivity contribution in [2.45, 2.75) is 26.3 Å². The van der Waals surface area contributed by atoms with E-state index in [0.717, 1.165) is 10.0 Å². The maximum Gasteiger partial charge on any atom is 0.254 e. The van der Waals surface area contributed by atoms with E-state index in [4.69, 9.17) is 11.6 Å². The van der Waals surface area contributed by atoms with Crippen LogP contribution in [0, 0.1) is 0 Å². The first-order valence-corrected chi connectivity index (χ1v) is 7.82. The van der Waals surface area contributed by atoms with E-state index >= 15 is 0 Å². The molecular weight excluding hydrogens is 352 g/mol. The van der Waals surface area contributed by atoms with Crippen molar-refractivity contribution in [3.63, 3.8) is 0 Å². The van der Waals surface area contributed by atoms with Gasteiger partial charge in [0.2, 0.25) is 0 Å². The van der Waals surface area contributed by atoms with E-state index in [0.29, 0.717) is 18.0 Å². The summed E-state index contributed by atoms with van der Waals surface area (Å²) in [5.74, 6) is 0.266. The molecule has 110 valence electrons. The Morgan fingerprint density at radius 3 is 2.62 bits per heavy atom. The highest BCUT2D eigenvalue weighted by molar-refractivity contribution is 9.10. The molecule has 3 nitrogen and oxygen atoms in total. The van der Waals surface area contributed by atoms with Gasteiger partial charge < -0.3 is 5.32 Å². The standard InChI is InChI=1S/C16H16BrClN2O/c1-10(2)12-5-3-11(4-6-12)8-20-16(21)14-7-13(17)9-19-15(14)18/h3-7,9-10H,8H2,1-2H3,(H,20,21). The van der Waals surface area contributed by atoms with Crippen molar-refractivity contribution < 1.29 is 4.79 Å². The molecule has 1 amide bonds. The summed E-state index contributed by atoms with van der Waals surface area (Å²) in [7, 11) is 0. The maximum atomic E-state index is 12.1. The van der Waals surface area contributed by atoms with Gasteiger partial charge in [-0.2, -0.15) is 0 Å². The summed E-state index contributed by atoms with van der Waals surface area (Å²) in [6.07, 6.45) is 1.56. The van der Waals surface area contributed by atoms with Crippen LogP contribution < -0.4 is 5.32 Å². The molecule has 2 rings (SSSR count). The first-order valence-electron chi connectivity index (χ1n) is 6.65. The zero-order valence-corrected chi connectivity index (χ0v) is 14.2. The molecule has 0 atom stereocenters. The van der Waals surface area contributed by atoms with Gasteiger partial charge in [-0.1, -0.05) is 49.7 Å². The lowest BCUT2D eigenvalue weighted by Crippen LogP contribution is -2.23. The van der Waals surface area contributed by atoms with Crippen LogP contribution in [0.4, 0.5) is 0 Å². The van der Waals surface area contributed by atoms with E-state index < -0.39 is 0 Å². The van der Waals surface area contributed by atoms with Crippen LogP contribution >= 0.6 is 27.5 Å². The molecule has 0 unspecified atom stereocenters. The number of carbonyl (C=O) groups excluding carboxylic acids is 1. The molecule has 0 bridgehead atoms. The van der Waals surface area contributed by atoms with Crippen LogP contribution in [0.1, 0.15) is 41.3 Å². The summed E-state index contributed by atoms with van der Waals surface area (Å²) in [6, 6.07) is 9.87. The summed E-state index contributed by atoms with van der Waals surface area (Å²) in [5, 5.41) is 3.05. The molecule has 1 aromatic carbocycles. The SMILES string of the molecule is CC(C)c1ccc(CNC(=O)c2cc(Br)cnc2Cl)cc1. The molecule has 1 heterocycles. The van der Waals surface area contributed by atoms with Gasteiger partial charge in [-0.05, 0) is 39.0 Å². The molecular formula is C16H16BrClN2O. The number of aromatic nitrogens is 1. The summed E-state index contributed by atoms with van der Waals surface area (Å²) in [4.78, 5) is 16.1. The van der Waals surface area contributed by atoms with E-state index in [9.17, 15) is 4.79 Å². The highest BCUT2D eigenvalue weighted by Gasteiger charge is 2.11. The van der Waals surface area contributed by atoms with Gasteiger partial charge in [-0.3, -0.25) is 4.79 Å². The Bertz CT molecular complexity index is 641. The Morgan fingerprint density at radius 1 is 1.33 bits per heavy atom. The number of nitrogens with zero attached hydrogens (tertiary/aromatic N) is 1. The third-order valence-corrected chi connectivity index (χ3v) is 3.88. The Balaban J connectivity index is 2.02. The lowest BCUT2D eigenvalue weighted by Gasteiger charge is -2.09. The third-order valence-electron chi connectivity index (χ3n) is 3.15. The van der Waals surface area contributed by atoms with Crippen LogP contribution in [0.5, 0.6) is 0 Å². The molecule has 1 aromatic heterocycles. The van der Waals surface area contributed by atoms with Crippen LogP contribution in [-0.2, 0) is 6.54 Å². The number of amides is 1. The van der Waals surface area contributed by atoms with E-state index in [1.807, 2.05) is 12.1 Å². The van der Waals surface area contributed by atoms with Crippen molar-refractivity contribution in [3.8, 4) is 0 Å². The molecule has 0 spiro atoms. The fraction of sp³-hybridized carbons (Fsp3) is 0.250. The summed E-state index contributed by atoms with van der Waals surface area (Å²) < 4.78 is 0.721. The van der Waals surface area contributed by atoms with E-state index in [2.05, 4.69) is 52.2 Å². The second-order valence-electron chi connectivity index (χ2n) is 5.07. The van der Waals surface area contributed by atoms with Gasteiger partial charge in [0.1, 0.15) is 5.15 Å². The molecule has 21 heavy (non-hydrogen) atoms. The number of pyridine rings is 1. The normalized spacial score (nSPS) is 10.7. The largest absolute Gasteiger partial charge is 0.348 e. The second kappa shape index (κ2) is 7.05. The van der Waals surface area contributed by atoms with Crippen LogP contribution in [0.3, 0.4) is 0 Å². The van der Waals surface area contributed by atoms with Gasteiger partial charge in [0.15, 0.2) is 0 Å². The van der Waals surface area contributed by atoms with E-state index in [1.165, 1.54) is 5.56 Å². The molecule has 0 fully saturated rings. The predicted octanol–water partition coefficient (Wildman–Crippen LogP) is 4.55. The predicted molar refractivity (Wildman–Crippen MR) is 88.6 cm³/mol. The van der Waals surface area contributed by atoms with Gasteiger partial charge in [0, 0.05) is 17.2 Å². The highest BCUT2D eigenvalue weighted by atomic mass is 79.9. The Morgan fingerprint density at radius 2 is 2.00 bits per heavy atom. The second-order valence-corrected chi connectivity index (χ2v) is 6.34. The number of halogens is 2. The van der Waals surface area contributed by atoms with Gasteiger partial charge in [-0.15, -0.1) is 0 Å². The van der Waals surface area contributed by atoms with Gasteiger partial charge in [0.25, 0.3) is 5.91 Å². The molecule has 2 aromatic rings. The quantitative estimate of drug-likeness (QED) is 0.805. The molecule has 0 radical (unpaired) electrons. The maximum absolute atomic E-state index is 12.1.